The highest BCUT2D eigenvalue weighted by Gasteiger charge is 2.32. The van der Waals surface area contributed by atoms with Crippen LogP contribution in [-0.4, -0.2) is 23.7 Å². The first-order valence-electron chi connectivity index (χ1n) is 8.64. The molecule has 4 rings (SSSR count). The molecule has 0 amide bonds. The van der Waals surface area contributed by atoms with Gasteiger partial charge in [0.25, 0.3) is 10.1 Å². The van der Waals surface area contributed by atoms with E-state index in [9.17, 15) is 13.0 Å². The zero-order valence-electron chi connectivity index (χ0n) is 14.7. The molecule has 2 aromatic carbocycles. The van der Waals surface area contributed by atoms with Crippen LogP contribution in [0.4, 0.5) is 11.4 Å². The van der Waals surface area contributed by atoms with Crippen molar-refractivity contribution in [3.63, 3.8) is 0 Å². The summed E-state index contributed by atoms with van der Waals surface area (Å²) in [4.78, 5) is 6.47. The van der Waals surface area contributed by atoms with Crippen LogP contribution in [0.15, 0.2) is 71.3 Å². The Bertz CT molecular complexity index is 1110. The summed E-state index contributed by atoms with van der Waals surface area (Å²) in [6, 6.07) is 18.3. The molecule has 1 atom stereocenters. The Balaban J connectivity index is 1.88. The van der Waals surface area contributed by atoms with E-state index in [-0.39, 0.29) is 12.2 Å². The number of nitrogens with zero attached hydrogens (tertiary/aromatic N) is 2. The lowest BCUT2D eigenvalue weighted by Gasteiger charge is -2.38. The monoisotopic (exact) mass is 460 g/mol. The predicted molar refractivity (Wildman–Crippen MR) is 111 cm³/mol. The first-order valence-corrected chi connectivity index (χ1v) is 11.0. The number of halogens is 1. The van der Waals surface area contributed by atoms with Gasteiger partial charge in [-0.3, -0.25) is 9.54 Å². The summed E-state index contributed by atoms with van der Waals surface area (Å²) < 4.78 is 39.2. The topological polar surface area (TPSA) is 79.7 Å². The average Bonchev–Trinajstić information content (AvgIpc) is 2.67. The second-order valence-corrected chi connectivity index (χ2v) is 8.88. The smallest absolute Gasteiger partial charge is 0.264 e. The SMILES string of the molecule is O=S(=O)(O)CCC(c1ccccn1)N1c2ccccc2Oc2ccc(Br)cc21. The number of benzene rings is 2. The molecular formula is C20H17BrN2O4S. The quantitative estimate of drug-likeness (QED) is 0.533. The van der Waals surface area contributed by atoms with Crippen molar-refractivity contribution in [2.24, 2.45) is 0 Å². The molecule has 6 nitrogen and oxygen atoms in total. The van der Waals surface area contributed by atoms with Crippen LogP contribution < -0.4 is 9.64 Å². The van der Waals surface area contributed by atoms with Gasteiger partial charge >= 0.3 is 0 Å². The Labute approximate surface area is 171 Å². The van der Waals surface area contributed by atoms with Gasteiger partial charge in [0.15, 0.2) is 11.5 Å². The Hall–Kier alpha value is -2.42. The van der Waals surface area contributed by atoms with Crippen LogP contribution >= 0.6 is 15.9 Å². The van der Waals surface area contributed by atoms with Crippen LogP contribution in [0, 0.1) is 0 Å². The average molecular weight is 461 g/mol. The normalized spacial score (nSPS) is 14.0. The van der Waals surface area contributed by atoms with E-state index in [1.165, 1.54) is 0 Å². The number of anilines is 2. The maximum absolute atomic E-state index is 11.5. The number of rotatable bonds is 5. The molecule has 0 aliphatic carbocycles. The van der Waals surface area contributed by atoms with E-state index in [1.807, 2.05) is 59.5 Å². The van der Waals surface area contributed by atoms with E-state index in [1.54, 1.807) is 12.3 Å². The Morgan fingerprint density at radius 1 is 1.04 bits per heavy atom. The van der Waals surface area contributed by atoms with Crippen molar-refractivity contribution in [3.8, 4) is 11.5 Å². The molecule has 1 aromatic heterocycles. The number of ether oxygens (including phenoxy) is 1. The fourth-order valence-electron chi connectivity index (χ4n) is 3.33. The molecule has 8 heteroatoms. The van der Waals surface area contributed by atoms with Crippen LogP contribution in [0.2, 0.25) is 0 Å². The van der Waals surface area contributed by atoms with E-state index in [2.05, 4.69) is 20.9 Å². The van der Waals surface area contributed by atoms with Gasteiger partial charge in [0.1, 0.15) is 0 Å². The van der Waals surface area contributed by atoms with Crippen LogP contribution in [0.25, 0.3) is 0 Å². The minimum atomic E-state index is -4.12. The van der Waals surface area contributed by atoms with Gasteiger partial charge in [-0.1, -0.05) is 34.1 Å². The van der Waals surface area contributed by atoms with E-state index in [0.717, 1.165) is 15.8 Å². The van der Waals surface area contributed by atoms with Gasteiger partial charge in [0.2, 0.25) is 0 Å². The Morgan fingerprint density at radius 3 is 2.54 bits per heavy atom. The molecule has 1 aliphatic heterocycles. The summed E-state index contributed by atoms with van der Waals surface area (Å²) in [5.41, 5.74) is 2.30. The maximum atomic E-state index is 11.5. The summed E-state index contributed by atoms with van der Waals surface area (Å²) in [6.07, 6.45) is 1.83. The zero-order chi connectivity index (χ0) is 19.7. The van der Waals surface area contributed by atoms with Crippen molar-refractivity contribution < 1.29 is 17.7 Å². The largest absolute Gasteiger partial charge is 0.453 e. The minimum Gasteiger partial charge on any atom is -0.453 e. The minimum absolute atomic E-state index is 0.163. The Morgan fingerprint density at radius 2 is 1.79 bits per heavy atom. The van der Waals surface area contributed by atoms with E-state index >= 15 is 0 Å². The second kappa shape index (κ2) is 7.54. The molecule has 0 radical (unpaired) electrons. The number of hydrogen-bond acceptors (Lipinski definition) is 5. The molecule has 0 spiro atoms. The zero-order valence-corrected chi connectivity index (χ0v) is 17.1. The third-order valence-corrected chi connectivity index (χ3v) is 5.76. The number of aromatic nitrogens is 1. The second-order valence-electron chi connectivity index (χ2n) is 6.40. The van der Waals surface area contributed by atoms with Crippen LogP contribution in [-0.2, 0) is 10.1 Å². The van der Waals surface area contributed by atoms with Gasteiger partial charge in [0, 0.05) is 10.7 Å². The van der Waals surface area contributed by atoms with E-state index < -0.39 is 16.2 Å². The lowest BCUT2D eigenvalue weighted by molar-refractivity contribution is 0.460. The predicted octanol–water partition coefficient (Wildman–Crippen LogP) is 5.11. The molecule has 1 unspecified atom stereocenters. The molecule has 144 valence electrons. The van der Waals surface area contributed by atoms with Crippen molar-refractivity contribution in [2.45, 2.75) is 12.5 Å². The highest BCUT2D eigenvalue weighted by molar-refractivity contribution is 9.10. The van der Waals surface area contributed by atoms with Crippen LogP contribution in [0.3, 0.4) is 0 Å². The number of fused-ring (bicyclic) bond motifs is 2. The molecule has 28 heavy (non-hydrogen) atoms. The molecule has 1 N–H and O–H groups in total. The van der Waals surface area contributed by atoms with Gasteiger partial charge < -0.3 is 9.64 Å². The van der Waals surface area contributed by atoms with Gasteiger partial charge in [-0.15, -0.1) is 0 Å². The lowest BCUT2D eigenvalue weighted by Crippen LogP contribution is -2.29. The van der Waals surface area contributed by atoms with Crippen molar-refractivity contribution >= 4 is 37.4 Å². The summed E-state index contributed by atoms with van der Waals surface area (Å²) >= 11 is 3.50. The first-order chi connectivity index (χ1) is 13.4. The van der Waals surface area contributed by atoms with Crippen LogP contribution in [0.5, 0.6) is 11.5 Å². The highest BCUT2D eigenvalue weighted by Crippen LogP contribution is 2.51. The molecular weight excluding hydrogens is 444 g/mol. The molecule has 1 aliphatic rings. The van der Waals surface area contributed by atoms with Crippen molar-refractivity contribution in [1.29, 1.82) is 0 Å². The molecule has 0 bridgehead atoms. The summed E-state index contributed by atoms with van der Waals surface area (Å²) in [5, 5.41) is 0. The molecule has 0 saturated heterocycles. The standard InChI is InChI=1S/C20H17BrN2O4S/c21-14-8-9-20-18(13-14)23(17-6-1-2-7-19(17)27-20)16(10-12-28(24,25)26)15-5-3-4-11-22-15/h1-9,11,13,16H,10,12H2,(H,24,25,26). The van der Waals surface area contributed by atoms with Crippen LogP contribution in [0.1, 0.15) is 18.2 Å². The van der Waals surface area contributed by atoms with Gasteiger partial charge in [-0.05, 0) is 48.9 Å². The third-order valence-electron chi connectivity index (χ3n) is 4.52. The van der Waals surface area contributed by atoms with Gasteiger partial charge in [-0.25, -0.2) is 0 Å². The number of para-hydroxylation sites is 2. The number of hydrogen-bond donors (Lipinski definition) is 1. The fourth-order valence-corrected chi connectivity index (χ4v) is 4.20. The van der Waals surface area contributed by atoms with Gasteiger partial charge in [0.05, 0.1) is 28.9 Å². The highest BCUT2D eigenvalue weighted by atomic mass is 79.9. The molecule has 2 heterocycles. The number of pyridine rings is 1. The maximum Gasteiger partial charge on any atom is 0.264 e. The van der Waals surface area contributed by atoms with Crippen molar-refractivity contribution in [1.82, 2.24) is 4.98 Å². The summed E-state index contributed by atoms with van der Waals surface area (Å²) in [7, 11) is -4.12. The van der Waals surface area contributed by atoms with Crippen molar-refractivity contribution in [3.05, 3.63) is 77.0 Å². The molecule has 0 fully saturated rings. The van der Waals surface area contributed by atoms with E-state index in [4.69, 9.17) is 4.74 Å². The molecule has 0 saturated carbocycles. The summed E-state index contributed by atoms with van der Waals surface area (Å²) in [6.45, 7) is 0. The molecule has 3 aromatic rings. The van der Waals surface area contributed by atoms with Gasteiger partial charge in [-0.2, -0.15) is 8.42 Å². The third kappa shape index (κ3) is 3.89. The lowest BCUT2D eigenvalue weighted by atomic mass is 10.0. The summed E-state index contributed by atoms with van der Waals surface area (Å²) in [5.74, 6) is 0.955. The fraction of sp³-hybridized carbons (Fsp3) is 0.150. The first kappa shape index (κ1) is 18.9. The Kier molecular flexibility index (Phi) is 5.09. The van der Waals surface area contributed by atoms with Crippen molar-refractivity contribution in [2.75, 3.05) is 10.7 Å². The van der Waals surface area contributed by atoms with E-state index in [0.29, 0.717) is 17.2 Å².